The lowest BCUT2D eigenvalue weighted by atomic mass is 10.1. The van der Waals surface area contributed by atoms with E-state index in [-0.39, 0.29) is 0 Å². The molecule has 0 fully saturated rings. The summed E-state index contributed by atoms with van der Waals surface area (Å²) in [6, 6.07) is 3.38. The molecule has 0 heterocycles. The van der Waals surface area contributed by atoms with Crippen molar-refractivity contribution in [1.82, 2.24) is 4.31 Å². The van der Waals surface area contributed by atoms with Gasteiger partial charge in [-0.05, 0) is 44.0 Å². The van der Waals surface area contributed by atoms with Gasteiger partial charge < -0.3 is 5.73 Å². The number of nitrogen functional groups attached to an aromatic ring is 1. The molecular formula is C14H22N2O2S. The fourth-order valence-corrected chi connectivity index (χ4v) is 4.11. The summed E-state index contributed by atoms with van der Waals surface area (Å²) < 4.78 is 26.8. The molecule has 5 heteroatoms. The molecule has 1 aromatic carbocycles. The van der Waals surface area contributed by atoms with Crippen LogP contribution in [0.15, 0.2) is 29.2 Å². The van der Waals surface area contributed by atoms with Crippen LogP contribution in [-0.2, 0) is 10.0 Å². The molecule has 0 aromatic heterocycles. The highest BCUT2D eigenvalue weighted by molar-refractivity contribution is 7.89. The zero-order chi connectivity index (χ0) is 14.8. The standard InChI is InChI=1S/C14H22N2O2S/c1-6-16(9-10(2)3)19(17,18)14-11(4)7-13(15)8-12(14)5/h7-8H,2,6,9,15H2,1,3-5H3. The molecule has 4 nitrogen and oxygen atoms in total. The van der Waals surface area contributed by atoms with E-state index in [4.69, 9.17) is 5.73 Å². The van der Waals surface area contributed by atoms with Crippen LogP contribution in [0.2, 0.25) is 0 Å². The van der Waals surface area contributed by atoms with Gasteiger partial charge in [0.1, 0.15) is 0 Å². The van der Waals surface area contributed by atoms with Gasteiger partial charge in [-0.1, -0.05) is 19.1 Å². The monoisotopic (exact) mass is 282 g/mol. The normalized spacial score (nSPS) is 11.8. The second kappa shape index (κ2) is 5.75. The van der Waals surface area contributed by atoms with Gasteiger partial charge in [0.25, 0.3) is 0 Å². The molecule has 0 aliphatic rings. The molecule has 0 atom stereocenters. The van der Waals surface area contributed by atoms with Crippen LogP contribution in [0.25, 0.3) is 0 Å². The Morgan fingerprint density at radius 1 is 1.32 bits per heavy atom. The summed E-state index contributed by atoms with van der Waals surface area (Å²) in [4.78, 5) is 0.352. The van der Waals surface area contributed by atoms with Crippen LogP contribution in [-0.4, -0.2) is 25.8 Å². The second-order valence-corrected chi connectivity index (χ2v) is 6.75. The number of nitrogens with two attached hydrogens (primary N) is 1. The van der Waals surface area contributed by atoms with Crippen molar-refractivity contribution >= 4 is 15.7 Å². The van der Waals surface area contributed by atoms with E-state index in [0.29, 0.717) is 34.8 Å². The predicted octanol–water partition coefficient (Wildman–Crippen LogP) is 2.47. The van der Waals surface area contributed by atoms with E-state index in [9.17, 15) is 8.42 Å². The number of aryl methyl sites for hydroxylation is 2. The van der Waals surface area contributed by atoms with Crippen molar-refractivity contribution in [2.75, 3.05) is 18.8 Å². The number of likely N-dealkylation sites (N-methyl/N-ethyl adjacent to an activating group) is 1. The second-order valence-electron chi connectivity index (χ2n) is 4.87. The van der Waals surface area contributed by atoms with Crippen molar-refractivity contribution in [3.8, 4) is 0 Å². The van der Waals surface area contributed by atoms with Crippen LogP contribution in [0.5, 0.6) is 0 Å². The van der Waals surface area contributed by atoms with Gasteiger partial charge in [0.05, 0.1) is 4.90 Å². The highest BCUT2D eigenvalue weighted by Crippen LogP contribution is 2.26. The third-order valence-corrected chi connectivity index (χ3v) is 5.11. The average molecular weight is 282 g/mol. The molecule has 19 heavy (non-hydrogen) atoms. The SMILES string of the molecule is C=C(C)CN(CC)S(=O)(=O)c1c(C)cc(N)cc1C. The molecule has 0 radical (unpaired) electrons. The number of benzene rings is 1. The first-order valence-electron chi connectivity index (χ1n) is 6.21. The maximum Gasteiger partial charge on any atom is 0.243 e. The van der Waals surface area contributed by atoms with E-state index in [1.807, 2.05) is 13.8 Å². The average Bonchev–Trinajstić information content (AvgIpc) is 2.23. The minimum Gasteiger partial charge on any atom is -0.399 e. The Kier molecular flexibility index (Phi) is 4.76. The summed E-state index contributed by atoms with van der Waals surface area (Å²) in [5, 5.41) is 0. The van der Waals surface area contributed by atoms with E-state index >= 15 is 0 Å². The van der Waals surface area contributed by atoms with E-state index in [2.05, 4.69) is 6.58 Å². The third-order valence-electron chi connectivity index (χ3n) is 2.88. The number of nitrogens with zero attached hydrogens (tertiary/aromatic N) is 1. The first-order chi connectivity index (χ1) is 8.70. The number of hydrogen-bond donors (Lipinski definition) is 1. The number of rotatable bonds is 5. The lowest BCUT2D eigenvalue weighted by Gasteiger charge is -2.23. The van der Waals surface area contributed by atoms with Gasteiger partial charge in [0.15, 0.2) is 0 Å². The van der Waals surface area contributed by atoms with Crippen LogP contribution < -0.4 is 5.73 Å². The fraction of sp³-hybridized carbons (Fsp3) is 0.429. The van der Waals surface area contributed by atoms with Gasteiger partial charge in [-0.2, -0.15) is 4.31 Å². The quantitative estimate of drug-likeness (QED) is 0.666. The number of anilines is 1. The Balaban J connectivity index is 3.38. The molecule has 0 unspecified atom stereocenters. The Hall–Kier alpha value is -1.33. The molecule has 0 aliphatic carbocycles. The van der Waals surface area contributed by atoms with Crippen molar-refractivity contribution in [1.29, 1.82) is 0 Å². The van der Waals surface area contributed by atoms with E-state index in [1.54, 1.807) is 26.0 Å². The van der Waals surface area contributed by atoms with E-state index in [1.165, 1.54) is 4.31 Å². The molecule has 1 rings (SSSR count). The summed E-state index contributed by atoms with van der Waals surface area (Å²) >= 11 is 0. The molecule has 0 amide bonds. The van der Waals surface area contributed by atoms with E-state index in [0.717, 1.165) is 5.57 Å². The third kappa shape index (κ3) is 3.36. The first kappa shape index (κ1) is 15.7. The van der Waals surface area contributed by atoms with Crippen LogP contribution in [0.3, 0.4) is 0 Å². The molecule has 2 N–H and O–H groups in total. The fourth-order valence-electron chi connectivity index (χ4n) is 2.19. The Bertz CT molecular complexity index is 568. The molecule has 0 aliphatic heterocycles. The maximum absolute atomic E-state index is 12.7. The largest absolute Gasteiger partial charge is 0.399 e. The maximum atomic E-state index is 12.7. The minimum atomic E-state index is -3.51. The van der Waals surface area contributed by atoms with Gasteiger partial charge in [0.2, 0.25) is 10.0 Å². The van der Waals surface area contributed by atoms with Crippen molar-refractivity contribution in [2.45, 2.75) is 32.6 Å². The Morgan fingerprint density at radius 3 is 2.16 bits per heavy atom. The van der Waals surface area contributed by atoms with Crippen molar-refractivity contribution < 1.29 is 8.42 Å². The number of hydrogen-bond acceptors (Lipinski definition) is 3. The lowest BCUT2D eigenvalue weighted by molar-refractivity contribution is 0.452. The van der Waals surface area contributed by atoms with Crippen molar-refractivity contribution in [2.24, 2.45) is 0 Å². The van der Waals surface area contributed by atoms with Gasteiger partial charge >= 0.3 is 0 Å². The topological polar surface area (TPSA) is 63.4 Å². The molecule has 1 aromatic rings. The van der Waals surface area contributed by atoms with Crippen LogP contribution in [0.1, 0.15) is 25.0 Å². The molecule has 0 saturated carbocycles. The lowest BCUT2D eigenvalue weighted by Crippen LogP contribution is -2.33. The summed E-state index contributed by atoms with van der Waals surface area (Å²) in [6.07, 6.45) is 0. The Morgan fingerprint density at radius 2 is 1.79 bits per heavy atom. The van der Waals surface area contributed by atoms with Crippen molar-refractivity contribution in [3.05, 3.63) is 35.4 Å². The predicted molar refractivity (Wildman–Crippen MR) is 79.6 cm³/mol. The van der Waals surface area contributed by atoms with Crippen molar-refractivity contribution in [3.63, 3.8) is 0 Å². The van der Waals surface area contributed by atoms with Gasteiger partial charge in [0, 0.05) is 18.8 Å². The van der Waals surface area contributed by atoms with Gasteiger partial charge in [-0.3, -0.25) is 0 Å². The molecule has 0 spiro atoms. The van der Waals surface area contributed by atoms with Crippen LogP contribution in [0, 0.1) is 13.8 Å². The highest BCUT2D eigenvalue weighted by atomic mass is 32.2. The summed E-state index contributed by atoms with van der Waals surface area (Å²) in [7, 11) is -3.51. The van der Waals surface area contributed by atoms with Gasteiger partial charge in [-0.15, -0.1) is 0 Å². The highest BCUT2D eigenvalue weighted by Gasteiger charge is 2.26. The smallest absolute Gasteiger partial charge is 0.243 e. The number of sulfonamides is 1. The van der Waals surface area contributed by atoms with E-state index < -0.39 is 10.0 Å². The minimum absolute atomic E-state index is 0.335. The zero-order valence-electron chi connectivity index (χ0n) is 12.0. The summed E-state index contributed by atoms with van der Waals surface area (Å²) in [6.45, 7) is 11.7. The summed E-state index contributed by atoms with van der Waals surface area (Å²) in [5.41, 5.74) is 8.49. The Labute approximate surface area is 116 Å². The first-order valence-corrected chi connectivity index (χ1v) is 7.65. The molecule has 106 valence electrons. The van der Waals surface area contributed by atoms with Gasteiger partial charge in [-0.25, -0.2) is 8.42 Å². The molecule has 0 saturated heterocycles. The van der Waals surface area contributed by atoms with Crippen LogP contribution >= 0.6 is 0 Å². The summed E-state index contributed by atoms with van der Waals surface area (Å²) in [5.74, 6) is 0. The molecular weight excluding hydrogens is 260 g/mol. The molecule has 0 bridgehead atoms. The zero-order valence-corrected chi connectivity index (χ0v) is 12.8. The van der Waals surface area contributed by atoms with Crippen LogP contribution in [0.4, 0.5) is 5.69 Å².